The van der Waals surface area contributed by atoms with Gasteiger partial charge in [0.15, 0.2) is 5.82 Å². The second-order valence-corrected chi connectivity index (χ2v) is 6.19. The van der Waals surface area contributed by atoms with Crippen LogP contribution in [0.1, 0.15) is 6.92 Å². The summed E-state index contributed by atoms with van der Waals surface area (Å²) < 4.78 is 24.8. The Morgan fingerprint density at radius 2 is 2.07 bits per heavy atom. The first-order valence-corrected chi connectivity index (χ1v) is 8.39. The van der Waals surface area contributed by atoms with Gasteiger partial charge in [0.1, 0.15) is 12.3 Å². The topological polar surface area (TPSA) is 114 Å². The van der Waals surface area contributed by atoms with Crippen molar-refractivity contribution in [3.63, 3.8) is 0 Å². The highest BCUT2D eigenvalue weighted by molar-refractivity contribution is 5.94. The highest BCUT2D eigenvalue weighted by atomic mass is 19.1. The molecule has 1 aromatic rings. The number of morpholine rings is 1. The van der Waals surface area contributed by atoms with Crippen molar-refractivity contribution in [2.45, 2.75) is 13.0 Å². The summed E-state index contributed by atoms with van der Waals surface area (Å²) in [5.74, 6) is -1.06. The first-order valence-electron chi connectivity index (χ1n) is 8.39. The van der Waals surface area contributed by atoms with E-state index in [-0.39, 0.29) is 30.4 Å². The van der Waals surface area contributed by atoms with Gasteiger partial charge < -0.3 is 19.7 Å². The van der Waals surface area contributed by atoms with Gasteiger partial charge in [0.25, 0.3) is 5.69 Å². The summed E-state index contributed by atoms with van der Waals surface area (Å²) in [4.78, 5) is 36.9. The number of benzene rings is 1. The number of nitrogens with one attached hydrogen (secondary N) is 1. The Hall–Kier alpha value is -2.95. The lowest BCUT2D eigenvalue weighted by Crippen LogP contribution is -2.43. The predicted octanol–water partition coefficient (Wildman–Crippen LogP) is 1.03. The first kappa shape index (κ1) is 18.8. The van der Waals surface area contributed by atoms with Gasteiger partial charge in [-0.05, 0) is 6.07 Å². The van der Waals surface area contributed by atoms with Crippen LogP contribution in [0.4, 0.5) is 26.2 Å². The molecule has 146 valence electrons. The molecule has 2 aliphatic heterocycles. The van der Waals surface area contributed by atoms with Crippen LogP contribution < -0.4 is 15.1 Å². The van der Waals surface area contributed by atoms with Crippen LogP contribution in [0.25, 0.3) is 0 Å². The van der Waals surface area contributed by atoms with Gasteiger partial charge in [-0.25, -0.2) is 9.18 Å². The molecular weight excluding hydrogens is 363 g/mol. The minimum Gasteiger partial charge on any atom is -0.447 e. The number of anilines is 2. The van der Waals surface area contributed by atoms with Gasteiger partial charge in [0.05, 0.1) is 35.9 Å². The van der Waals surface area contributed by atoms with Crippen LogP contribution in [-0.4, -0.2) is 62.4 Å². The quantitative estimate of drug-likeness (QED) is 0.597. The third-order valence-corrected chi connectivity index (χ3v) is 4.40. The average molecular weight is 382 g/mol. The summed E-state index contributed by atoms with van der Waals surface area (Å²) in [5, 5.41) is 14.0. The van der Waals surface area contributed by atoms with E-state index >= 15 is 0 Å². The van der Waals surface area contributed by atoms with Crippen molar-refractivity contribution in [3.8, 4) is 0 Å². The Labute approximate surface area is 154 Å². The van der Waals surface area contributed by atoms with E-state index in [1.807, 2.05) is 0 Å². The maximum atomic E-state index is 14.5. The fourth-order valence-electron chi connectivity index (χ4n) is 3.09. The van der Waals surface area contributed by atoms with Crippen molar-refractivity contribution in [2.24, 2.45) is 0 Å². The molecule has 1 aromatic carbocycles. The number of nitro benzene ring substituents is 1. The number of hydrogen-bond donors (Lipinski definition) is 1. The number of rotatable bonds is 5. The molecule has 2 fully saturated rings. The zero-order valence-corrected chi connectivity index (χ0v) is 14.6. The maximum Gasteiger partial charge on any atom is 0.415 e. The van der Waals surface area contributed by atoms with Crippen molar-refractivity contribution >= 4 is 29.1 Å². The largest absolute Gasteiger partial charge is 0.447 e. The SMILES string of the molecule is CC(=O)NC[C@H]1COC(=O)N1c1cc(N2CCOCC2)c(F)cc1[N+](=O)[O-]. The average Bonchev–Trinajstić information content (AvgIpc) is 3.01. The molecular formula is C16H19FN4O6. The lowest BCUT2D eigenvalue weighted by atomic mass is 10.1. The Kier molecular flexibility index (Phi) is 5.40. The van der Waals surface area contributed by atoms with Gasteiger partial charge in [-0.1, -0.05) is 0 Å². The zero-order chi connectivity index (χ0) is 19.6. The molecule has 0 bridgehead atoms. The highest BCUT2D eigenvalue weighted by Crippen LogP contribution is 2.38. The second-order valence-electron chi connectivity index (χ2n) is 6.19. The molecule has 3 rings (SSSR count). The molecule has 0 aliphatic carbocycles. The Bertz CT molecular complexity index is 768. The number of cyclic esters (lactones) is 1. The number of nitro groups is 1. The number of carbonyl (C=O) groups excluding carboxylic acids is 2. The monoisotopic (exact) mass is 382 g/mol. The van der Waals surface area contributed by atoms with Crippen LogP contribution in [-0.2, 0) is 14.3 Å². The van der Waals surface area contributed by atoms with Gasteiger partial charge in [-0.15, -0.1) is 0 Å². The summed E-state index contributed by atoms with van der Waals surface area (Å²) in [7, 11) is 0. The minimum atomic E-state index is -0.784. The molecule has 2 saturated heterocycles. The number of amides is 2. The Morgan fingerprint density at radius 1 is 1.37 bits per heavy atom. The van der Waals surface area contributed by atoms with Crippen LogP contribution in [0.2, 0.25) is 0 Å². The van der Waals surface area contributed by atoms with Crippen LogP contribution >= 0.6 is 0 Å². The summed E-state index contributed by atoms with van der Waals surface area (Å²) in [6.45, 7) is 3.00. The fourth-order valence-corrected chi connectivity index (χ4v) is 3.09. The van der Waals surface area contributed by atoms with E-state index in [1.165, 1.54) is 13.0 Å². The zero-order valence-electron chi connectivity index (χ0n) is 14.6. The Morgan fingerprint density at radius 3 is 2.70 bits per heavy atom. The maximum absolute atomic E-state index is 14.5. The van der Waals surface area contributed by atoms with E-state index in [9.17, 15) is 24.1 Å². The molecule has 27 heavy (non-hydrogen) atoms. The highest BCUT2D eigenvalue weighted by Gasteiger charge is 2.39. The van der Waals surface area contributed by atoms with Gasteiger partial charge in [-0.3, -0.25) is 19.8 Å². The molecule has 2 heterocycles. The summed E-state index contributed by atoms with van der Waals surface area (Å²) in [6.07, 6.45) is -0.784. The summed E-state index contributed by atoms with van der Waals surface area (Å²) in [5.41, 5.74) is -0.464. The van der Waals surface area contributed by atoms with Crippen molar-refractivity contribution in [1.82, 2.24) is 5.32 Å². The number of nitrogens with zero attached hydrogens (tertiary/aromatic N) is 3. The lowest BCUT2D eigenvalue weighted by Gasteiger charge is -2.30. The molecule has 0 radical (unpaired) electrons. The van der Waals surface area contributed by atoms with Crippen molar-refractivity contribution in [2.75, 3.05) is 49.3 Å². The predicted molar refractivity (Wildman–Crippen MR) is 92.4 cm³/mol. The lowest BCUT2D eigenvalue weighted by molar-refractivity contribution is -0.384. The molecule has 2 aliphatic rings. The number of halogens is 1. The molecule has 10 nitrogen and oxygen atoms in total. The standard InChI is InChI=1S/C16H19FN4O6/c1-10(22)18-8-11-9-27-16(23)20(11)14-7-13(19-2-4-26-5-3-19)12(17)6-15(14)21(24)25/h6-7,11H,2-5,8-9H2,1H3,(H,18,22)/t11-/m0/s1. The van der Waals surface area contributed by atoms with E-state index in [0.29, 0.717) is 26.3 Å². The molecule has 1 N–H and O–H groups in total. The molecule has 0 saturated carbocycles. The van der Waals surface area contributed by atoms with Gasteiger partial charge in [0, 0.05) is 26.6 Å². The fraction of sp³-hybridized carbons (Fsp3) is 0.500. The molecule has 0 spiro atoms. The smallest absolute Gasteiger partial charge is 0.415 e. The Balaban J connectivity index is 2.01. The van der Waals surface area contributed by atoms with Crippen LogP contribution in [0, 0.1) is 15.9 Å². The molecule has 0 unspecified atom stereocenters. The number of ether oxygens (including phenoxy) is 2. The summed E-state index contributed by atoms with van der Waals surface area (Å²) in [6, 6.07) is 1.45. The molecule has 0 aromatic heterocycles. The first-order chi connectivity index (χ1) is 12.9. The van der Waals surface area contributed by atoms with Crippen molar-refractivity contribution in [3.05, 3.63) is 28.1 Å². The third-order valence-electron chi connectivity index (χ3n) is 4.40. The van der Waals surface area contributed by atoms with Crippen molar-refractivity contribution in [1.29, 1.82) is 0 Å². The van der Waals surface area contributed by atoms with Crippen LogP contribution in [0.5, 0.6) is 0 Å². The second kappa shape index (κ2) is 7.74. The molecule has 2 amide bonds. The van der Waals surface area contributed by atoms with Gasteiger partial charge in [-0.2, -0.15) is 0 Å². The van der Waals surface area contributed by atoms with E-state index in [2.05, 4.69) is 5.32 Å². The van der Waals surface area contributed by atoms with E-state index in [1.54, 1.807) is 4.90 Å². The number of hydrogen-bond acceptors (Lipinski definition) is 7. The van der Waals surface area contributed by atoms with Crippen LogP contribution in [0.15, 0.2) is 12.1 Å². The third kappa shape index (κ3) is 3.92. The summed E-state index contributed by atoms with van der Waals surface area (Å²) >= 11 is 0. The molecule has 1 atom stereocenters. The normalized spacial score (nSPS) is 19.8. The van der Waals surface area contributed by atoms with Crippen LogP contribution in [0.3, 0.4) is 0 Å². The molecule has 11 heteroatoms. The van der Waals surface area contributed by atoms with E-state index in [4.69, 9.17) is 9.47 Å². The van der Waals surface area contributed by atoms with Gasteiger partial charge >= 0.3 is 6.09 Å². The van der Waals surface area contributed by atoms with E-state index < -0.39 is 28.6 Å². The van der Waals surface area contributed by atoms with E-state index in [0.717, 1.165) is 11.0 Å². The minimum absolute atomic E-state index is 0.0411. The van der Waals surface area contributed by atoms with Gasteiger partial charge in [0.2, 0.25) is 5.91 Å². The number of carbonyl (C=O) groups is 2. The van der Waals surface area contributed by atoms with Crippen molar-refractivity contribution < 1.29 is 28.4 Å².